The summed E-state index contributed by atoms with van der Waals surface area (Å²) in [6.45, 7) is 6.32. The highest BCUT2D eigenvalue weighted by atomic mass is 16.5. The van der Waals surface area contributed by atoms with E-state index in [0.29, 0.717) is 13.0 Å². The molecule has 18 heavy (non-hydrogen) atoms. The summed E-state index contributed by atoms with van der Waals surface area (Å²) in [4.78, 5) is 22.8. The van der Waals surface area contributed by atoms with Crippen LogP contribution in [0.4, 0.5) is 0 Å². The second kappa shape index (κ2) is 6.18. The van der Waals surface area contributed by atoms with Gasteiger partial charge in [0, 0.05) is 12.1 Å². The summed E-state index contributed by atoms with van der Waals surface area (Å²) in [7, 11) is 0. The molecule has 0 aromatic rings. The van der Waals surface area contributed by atoms with Crippen molar-refractivity contribution in [3.63, 3.8) is 0 Å². The van der Waals surface area contributed by atoms with Gasteiger partial charge < -0.3 is 15.2 Å². The van der Waals surface area contributed by atoms with Crippen molar-refractivity contribution in [3.05, 3.63) is 0 Å². The lowest BCUT2D eigenvalue weighted by Gasteiger charge is -2.33. The molecule has 0 radical (unpaired) electrons. The van der Waals surface area contributed by atoms with Crippen LogP contribution in [0, 0.1) is 5.92 Å². The monoisotopic (exact) mass is 257 g/mol. The van der Waals surface area contributed by atoms with E-state index in [1.165, 1.54) is 0 Å². The van der Waals surface area contributed by atoms with E-state index in [-0.39, 0.29) is 24.3 Å². The van der Waals surface area contributed by atoms with Crippen LogP contribution in [0.5, 0.6) is 0 Å². The molecule has 1 amide bonds. The van der Waals surface area contributed by atoms with E-state index in [2.05, 4.69) is 5.32 Å². The molecule has 2 unspecified atom stereocenters. The van der Waals surface area contributed by atoms with Crippen LogP contribution < -0.4 is 5.32 Å². The van der Waals surface area contributed by atoms with Gasteiger partial charge in [-0.1, -0.05) is 13.8 Å². The van der Waals surface area contributed by atoms with Crippen LogP contribution in [-0.2, 0) is 14.3 Å². The third kappa shape index (κ3) is 4.29. The first kappa shape index (κ1) is 15.0. The van der Waals surface area contributed by atoms with Gasteiger partial charge in [-0.05, 0) is 25.7 Å². The third-order valence-corrected chi connectivity index (χ3v) is 3.65. The van der Waals surface area contributed by atoms with Crippen molar-refractivity contribution in [1.29, 1.82) is 0 Å². The molecule has 2 N–H and O–H groups in total. The van der Waals surface area contributed by atoms with Crippen molar-refractivity contribution in [1.82, 2.24) is 5.32 Å². The number of aliphatic carboxylic acids is 1. The topological polar surface area (TPSA) is 75.6 Å². The Morgan fingerprint density at radius 1 is 1.50 bits per heavy atom. The zero-order chi connectivity index (χ0) is 13.8. The van der Waals surface area contributed by atoms with E-state index in [9.17, 15) is 9.59 Å². The normalized spacial score (nSPS) is 22.8. The molecule has 2 atom stereocenters. The number of hydrogen-bond donors (Lipinski definition) is 2. The molecule has 0 spiro atoms. The van der Waals surface area contributed by atoms with Gasteiger partial charge in [0.05, 0.1) is 18.9 Å². The van der Waals surface area contributed by atoms with Gasteiger partial charge in [0.2, 0.25) is 5.91 Å². The quantitative estimate of drug-likeness (QED) is 0.757. The van der Waals surface area contributed by atoms with Gasteiger partial charge >= 0.3 is 5.97 Å². The fraction of sp³-hybridized carbons (Fsp3) is 0.846. The van der Waals surface area contributed by atoms with Gasteiger partial charge in [-0.25, -0.2) is 0 Å². The third-order valence-electron chi connectivity index (χ3n) is 3.65. The van der Waals surface area contributed by atoms with Crippen LogP contribution in [0.3, 0.4) is 0 Å². The number of amides is 1. The van der Waals surface area contributed by atoms with Gasteiger partial charge in [-0.3, -0.25) is 9.59 Å². The van der Waals surface area contributed by atoms with Crippen LogP contribution in [0.25, 0.3) is 0 Å². The van der Waals surface area contributed by atoms with E-state index < -0.39 is 11.5 Å². The molecule has 0 saturated carbocycles. The predicted molar refractivity (Wildman–Crippen MR) is 67.2 cm³/mol. The largest absolute Gasteiger partial charge is 0.481 e. The molecule has 5 nitrogen and oxygen atoms in total. The highest BCUT2D eigenvalue weighted by Gasteiger charge is 2.33. The molecule has 1 heterocycles. The molecule has 1 aliphatic heterocycles. The molecule has 5 heteroatoms. The average Bonchev–Trinajstić information content (AvgIpc) is 2.68. The highest BCUT2D eigenvalue weighted by Crippen LogP contribution is 2.22. The lowest BCUT2D eigenvalue weighted by molar-refractivity contribution is -0.139. The number of carboxylic acids is 1. The van der Waals surface area contributed by atoms with Crippen molar-refractivity contribution in [3.8, 4) is 0 Å². The van der Waals surface area contributed by atoms with Gasteiger partial charge in [-0.2, -0.15) is 0 Å². The number of hydrogen-bond acceptors (Lipinski definition) is 3. The molecular formula is C13H23NO4. The molecule has 0 aliphatic carbocycles. The summed E-state index contributed by atoms with van der Waals surface area (Å²) in [6, 6.07) is 0. The summed E-state index contributed by atoms with van der Waals surface area (Å²) in [5.74, 6) is -0.968. The number of nitrogens with one attached hydrogen (secondary N) is 1. The van der Waals surface area contributed by atoms with E-state index >= 15 is 0 Å². The van der Waals surface area contributed by atoms with Crippen LogP contribution >= 0.6 is 0 Å². The summed E-state index contributed by atoms with van der Waals surface area (Å²) in [5.41, 5.74) is -0.707. The van der Waals surface area contributed by atoms with Crippen molar-refractivity contribution in [2.24, 2.45) is 5.92 Å². The van der Waals surface area contributed by atoms with Crippen molar-refractivity contribution < 1.29 is 19.4 Å². The number of carbonyl (C=O) groups is 2. The first-order valence-electron chi connectivity index (χ1n) is 6.48. The van der Waals surface area contributed by atoms with Crippen molar-refractivity contribution in [2.75, 3.05) is 6.61 Å². The number of carbonyl (C=O) groups excluding carboxylic acids is 1. The van der Waals surface area contributed by atoms with E-state index in [4.69, 9.17) is 9.84 Å². The zero-order valence-electron chi connectivity index (χ0n) is 11.4. The number of rotatable bonds is 6. The number of ether oxygens (including phenoxy) is 1. The van der Waals surface area contributed by atoms with Gasteiger partial charge in [0.15, 0.2) is 0 Å². The Morgan fingerprint density at radius 3 is 2.61 bits per heavy atom. The maximum Gasteiger partial charge on any atom is 0.305 e. The molecule has 1 saturated heterocycles. The molecule has 1 fully saturated rings. The van der Waals surface area contributed by atoms with Crippen LogP contribution in [0.2, 0.25) is 0 Å². The standard InChI is InChI=1S/C13H23NO4/c1-9(2)13(3,8-12(16)17)14-11(15)7-10-5-4-6-18-10/h9-10H,4-8H2,1-3H3,(H,14,15)(H,16,17). The van der Waals surface area contributed by atoms with Crippen LogP contribution in [0.15, 0.2) is 0 Å². The summed E-state index contributed by atoms with van der Waals surface area (Å²) >= 11 is 0. The molecule has 0 bridgehead atoms. The second-order valence-electron chi connectivity index (χ2n) is 5.53. The summed E-state index contributed by atoms with van der Waals surface area (Å²) in [6.07, 6.45) is 2.15. The summed E-state index contributed by atoms with van der Waals surface area (Å²) < 4.78 is 5.40. The molecule has 1 aliphatic rings. The Bertz CT molecular complexity index is 310. The Kier molecular flexibility index (Phi) is 5.14. The maximum atomic E-state index is 11.9. The Hall–Kier alpha value is -1.10. The Morgan fingerprint density at radius 2 is 2.17 bits per heavy atom. The first-order valence-corrected chi connectivity index (χ1v) is 6.48. The molecule has 0 aromatic carbocycles. The van der Waals surface area contributed by atoms with E-state index in [1.807, 2.05) is 13.8 Å². The second-order valence-corrected chi connectivity index (χ2v) is 5.53. The van der Waals surface area contributed by atoms with Crippen molar-refractivity contribution in [2.45, 2.75) is 58.1 Å². The van der Waals surface area contributed by atoms with Crippen molar-refractivity contribution >= 4 is 11.9 Å². The minimum Gasteiger partial charge on any atom is -0.481 e. The maximum absolute atomic E-state index is 11.9. The molecule has 0 aromatic heterocycles. The summed E-state index contributed by atoms with van der Waals surface area (Å²) in [5, 5.41) is 11.8. The average molecular weight is 257 g/mol. The van der Waals surface area contributed by atoms with Gasteiger partial charge in [0.25, 0.3) is 0 Å². The molecule has 104 valence electrons. The number of carboxylic acid groups (broad SMARTS) is 1. The minimum absolute atomic E-state index is 0.00811. The van der Waals surface area contributed by atoms with Gasteiger partial charge in [-0.15, -0.1) is 0 Å². The van der Waals surface area contributed by atoms with Gasteiger partial charge in [0.1, 0.15) is 0 Å². The van der Waals surface area contributed by atoms with E-state index in [0.717, 1.165) is 12.8 Å². The lowest BCUT2D eigenvalue weighted by Crippen LogP contribution is -2.51. The zero-order valence-corrected chi connectivity index (χ0v) is 11.4. The first-order chi connectivity index (χ1) is 8.33. The van der Waals surface area contributed by atoms with E-state index in [1.54, 1.807) is 6.92 Å². The highest BCUT2D eigenvalue weighted by molar-refractivity contribution is 5.78. The molecule has 1 rings (SSSR count). The van der Waals surface area contributed by atoms with Crippen LogP contribution in [0.1, 0.15) is 46.5 Å². The lowest BCUT2D eigenvalue weighted by atomic mass is 9.85. The molecular weight excluding hydrogens is 234 g/mol. The van der Waals surface area contributed by atoms with Crippen LogP contribution in [-0.4, -0.2) is 35.2 Å². The smallest absolute Gasteiger partial charge is 0.305 e. The minimum atomic E-state index is -0.899. The fourth-order valence-electron chi connectivity index (χ4n) is 2.09. The predicted octanol–water partition coefficient (Wildman–Crippen LogP) is 1.56. The Balaban J connectivity index is 2.54. The SMILES string of the molecule is CC(C)C(C)(CC(=O)O)NC(=O)CC1CCCO1. The fourth-order valence-corrected chi connectivity index (χ4v) is 2.09. The Labute approximate surface area is 108 Å².